The number of halogens is 1. The molecule has 0 radical (unpaired) electrons. The second-order valence-corrected chi connectivity index (χ2v) is 6.02. The van der Waals surface area contributed by atoms with Gasteiger partial charge in [-0.25, -0.2) is 13.2 Å². The normalized spacial score (nSPS) is 20.1. The largest absolute Gasteiger partial charge is 0.426 e. The second kappa shape index (κ2) is 4.72. The first-order valence-electron chi connectivity index (χ1n) is 4.97. The van der Waals surface area contributed by atoms with Crippen molar-refractivity contribution in [2.24, 2.45) is 0 Å². The van der Waals surface area contributed by atoms with E-state index in [1.165, 1.54) is 0 Å². The molecule has 1 atom stereocenters. The first kappa shape index (κ1) is 13.1. The number of rotatable bonds is 3. The Bertz CT molecular complexity index is 606. The van der Waals surface area contributed by atoms with Gasteiger partial charge in [-0.15, -0.1) is 0 Å². The minimum Gasteiger partial charge on any atom is -0.426 e. The van der Waals surface area contributed by atoms with E-state index in [9.17, 15) is 18.3 Å². The lowest BCUT2D eigenvalue weighted by Crippen LogP contribution is -2.18. The molecule has 7 heteroatoms. The monoisotopic (exact) mass is 288 g/mol. The molecule has 0 saturated heterocycles. The molecule has 0 saturated carbocycles. The summed E-state index contributed by atoms with van der Waals surface area (Å²) in [6.07, 6.45) is -1.82. The van der Waals surface area contributed by atoms with Crippen molar-refractivity contribution in [1.82, 2.24) is 0 Å². The van der Waals surface area contributed by atoms with Gasteiger partial charge in [-0.1, -0.05) is 41.9 Å². The van der Waals surface area contributed by atoms with Gasteiger partial charge in [0.2, 0.25) is 6.29 Å². The summed E-state index contributed by atoms with van der Waals surface area (Å²) in [7, 11) is -3.89. The molecule has 1 aliphatic rings. The number of carbonyl (C=O) groups excluding carboxylic acids is 1. The van der Waals surface area contributed by atoms with Crippen LogP contribution in [0.1, 0.15) is 5.56 Å². The number of benzene rings is 1. The number of esters is 1. The Morgan fingerprint density at radius 1 is 1.28 bits per heavy atom. The van der Waals surface area contributed by atoms with E-state index in [0.29, 0.717) is 5.56 Å². The zero-order chi connectivity index (χ0) is 13.3. The molecule has 1 heterocycles. The molecule has 18 heavy (non-hydrogen) atoms. The zero-order valence-electron chi connectivity index (χ0n) is 9.04. The summed E-state index contributed by atoms with van der Waals surface area (Å²) in [6, 6.07) is 8.37. The molecule has 0 aromatic heterocycles. The quantitative estimate of drug-likeness (QED) is 0.837. The van der Waals surface area contributed by atoms with Crippen molar-refractivity contribution in [3.05, 3.63) is 45.8 Å². The van der Waals surface area contributed by atoms with E-state index in [-0.39, 0.29) is 5.75 Å². The lowest BCUT2D eigenvalue weighted by Gasteiger charge is -2.08. The van der Waals surface area contributed by atoms with Crippen LogP contribution in [0.2, 0.25) is 0 Å². The summed E-state index contributed by atoms with van der Waals surface area (Å²) < 4.78 is 28.4. The number of carbonyl (C=O) groups is 1. The van der Waals surface area contributed by atoms with Gasteiger partial charge in [-0.05, 0) is 5.56 Å². The predicted molar refractivity (Wildman–Crippen MR) is 64.0 cm³/mol. The van der Waals surface area contributed by atoms with E-state index < -0.39 is 32.0 Å². The molecule has 5 nitrogen and oxygen atoms in total. The first-order chi connectivity index (χ1) is 8.42. The summed E-state index contributed by atoms with van der Waals surface area (Å²) in [5.41, 5.74) is 0.529. The molecule has 0 bridgehead atoms. The summed E-state index contributed by atoms with van der Waals surface area (Å²) in [5, 5.41) is 8.79. The van der Waals surface area contributed by atoms with Crippen molar-refractivity contribution in [1.29, 1.82) is 0 Å². The van der Waals surface area contributed by atoms with Crippen LogP contribution in [-0.4, -0.2) is 25.8 Å². The Kier molecular flexibility index (Phi) is 3.43. The van der Waals surface area contributed by atoms with Crippen LogP contribution in [0.3, 0.4) is 0 Å². The average molecular weight is 289 g/mol. The van der Waals surface area contributed by atoms with Gasteiger partial charge in [0, 0.05) is 0 Å². The number of ether oxygens (including phenoxy) is 1. The number of cyclic esters (lactones) is 1. The highest BCUT2D eigenvalue weighted by molar-refractivity contribution is 7.94. The Morgan fingerprint density at radius 2 is 1.89 bits per heavy atom. The minimum absolute atomic E-state index is 0.354. The van der Waals surface area contributed by atoms with Crippen LogP contribution in [0.4, 0.5) is 0 Å². The summed E-state index contributed by atoms with van der Waals surface area (Å²) in [5.74, 6) is -1.39. The van der Waals surface area contributed by atoms with Gasteiger partial charge in [-0.3, -0.25) is 0 Å². The van der Waals surface area contributed by atoms with Gasteiger partial charge in [0.1, 0.15) is 9.94 Å². The Morgan fingerprint density at radius 3 is 2.39 bits per heavy atom. The molecule has 1 aliphatic heterocycles. The van der Waals surface area contributed by atoms with Gasteiger partial charge < -0.3 is 9.84 Å². The molecule has 96 valence electrons. The van der Waals surface area contributed by atoms with Gasteiger partial charge in [0.05, 0.1) is 5.75 Å². The van der Waals surface area contributed by atoms with Crippen LogP contribution in [0.15, 0.2) is 40.3 Å². The third kappa shape index (κ3) is 2.40. The van der Waals surface area contributed by atoms with Gasteiger partial charge in [-0.2, -0.15) is 0 Å². The highest BCUT2D eigenvalue weighted by atomic mass is 35.5. The maximum absolute atomic E-state index is 12.0. The van der Waals surface area contributed by atoms with E-state index in [4.69, 9.17) is 11.6 Å². The number of aliphatic hydroxyl groups is 1. The standard InChI is InChI=1S/C11H9ClO5S/c12-8-9(11(14)17-10(8)13)18(15,16)6-7-4-2-1-3-5-7/h1-5,11,14H,6H2. The molecule has 1 aromatic rings. The van der Waals surface area contributed by atoms with Gasteiger partial charge in [0.25, 0.3) is 0 Å². The molecule has 0 spiro atoms. The molecule has 2 rings (SSSR count). The molecule has 0 fully saturated rings. The maximum Gasteiger partial charge on any atom is 0.353 e. The molecule has 1 aromatic carbocycles. The van der Waals surface area contributed by atoms with Crippen molar-refractivity contribution < 1.29 is 23.1 Å². The van der Waals surface area contributed by atoms with E-state index >= 15 is 0 Å². The Labute approximate surface area is 109 Å². The van der Waals surface area contributed by atoms with Crippen molar-refractivity contribution in [3.8, 4) is 0 Å². The summed E-state index contributed by atoms with van der Waals surface area (Å²) in [6.45, 7) is 0. The van der Waals surface area contributed by atoms with E-state index in [1.807, 2.05) is 0 Å². The molecular formula is C11H9ClO5S. The van der Waals surface area contributed by atoms with Crippen LogP contribution < -0.4 is 0 Å². The number of aliphatic hydroxyl groups excluding tert-OH is 1. The first-order valence-corrected chi connectivity index (χ1v) is 7.00. The molecule has 0 aliphatic carbocycles. The molecule has 1 unspecified atom stereocenters. The molecular weight excluding hydrogens is 280 g/mol. The molecule has 0 amide bonds. The fourth-order valence-corrected chi connectivity index (χ4v) is 3.57. The average Bonchev–Trinajstić information content (AvgIpc) is 2.54. The predicted octanol–water partition coefficient (Wildman–Crippen LogP) is 0.927. The smallest absolute Gasteiger partial charge is 0.353 e. The lowest BCUT2D eigenvalue weighted by atomic mass is 10.2. The van der Waals surface area contributed by atoms with Crippen molar-refractivity contribution in [2.75, 3.05) is 0 Å². The van der Waals surface area contributed by atoms with Crippen molar-refractivity contribution >= 4 is 27.4 Å². The van der Waals surface area contributed by atoms with E-state index in [1.54, 1.807) is 30.3 Å². The van der Waals surface area contributed by atoms with Crippen LogP contribution in [0.5, 0.6) is 0 Å². The third-order valence-corrected chi connectivity index (χ3v) is 4.63. The van der Waals surface area contributed by atoms with Crippen molar-refractivity contribution in [3.63, 3.8) is 0 Å². The zero-order valence-corrected chi connectivity index (χ0v) is 10.6. The Balaban J connectivity index is 2.36. The van der Waals surface area contributed by atoms with E-state index in [0.717, 1.165) is 0 Å². The summed E-state index contributed by atoms with van der Waals surface area (Å²) in [4.78, 5) is 10.5. The highest BCUT2D eigenvalue weighted by Crippen LogP contribution is 2.30. The van der Waals surface area contributed by atoms with Gasteiger partial charge in [0.15, 0.2) is 9.84 Å². The minimum atomic E-state index is -3.89. The number of hydrogen-bond donors (Lipinski definition) is 1. The maximum atomic E-state index is 12.0. The topological polar surface area (TPSA) is 80.7 Å². The number of hydrogen-bond acceptors (Lipinski definition) is 5. The SMILES string of the molecule is O=C1OC(O)C(S(=O)(=O)Cc2ccccc2)=C1Cl. The van der Waals surface area contributed by atoms with Crippen LogP contribution >= 0.6 is 11.6 Å². The lowest BCUT2D eigenvalue weighted by molar-refractivity contribution is -0.150. The second-order valence-electron chi connectivity index (χ2n) is 3.68. The highest BCUT2D eigenvalue weighted by Gasteiger charge is 2.39. The van der Waals surface area contributed by atoms with Gasteiger partial charge >= 0.3 is 5.97 Å². The Hall–Kier alpha value is -1.37. The van der Waals surface area contributed by atoms with Crippen LogP contribution in [-0.2, 0) is 25.1 Å². The summed E-state index contributed by atoms with van der Waals surface area (Å²) >= 11 is 5.54. The molecule has 1 N–H and O–H groups in total. The third-order valence-electron chi connectivity index (χ3n) is 2.37. The number of sulfone groups is 1. The van der Waals surface area contributed by atoms with Crippen molar-refractivity contribution in [2.45, 2.75) is 12.0 Å². The fourth-order valence-electron chi connectivity index (χ4n) is 1.58. The fraction of sp³-hybridized carbons (Fsp3) is 0.182. The van der Waals surface area contributed by atoms with E-state index in [2.05, 4.69) is 4.74 Å². The van der Waals surface area contributed by atoms with Crippen LogP contribution in [0, 0.1) is 0 Å². The van der Waals surface area contributed by atoms with Crippen LogP contribution in [0.25, 0.3) is 0 Å².